The fourth-order valence-corrected chi connectivity index (χ4v) is 2.58. The number of benzene rings is 2. The molecule has 4 nitrogen and oxygen atoms in total. The van der Waals surface area contributed by atoms with Gasteiger partial charge in [0.2, 0.25) is 0 Å². The van der Waals surface area contributed by atoms with Gasteiger partial charge in [-0.3, -0.25) is 0 Å². The van der Waals surface area contributed by atoms with Crippen molar-refractivity contribution < 1.29 is 19.4 Å². The molecule has 3 aromatic rings. The summed E-state index contributed by atoms with van der Waals surface area (Å²) in [7, 11) is 1.60. The van der Waals surface area contributed by atoms with Crippen molar-refractivity contribution in [2.24, 2.45) is 0 Å². The number of phenols is 2. The second-order valence-corrected chi connectivity index (χ2v) is 5.99. The Kier molecular flexibility index (Phi) is 4.21. The highest BCUT2D eigenvalue weighted by atomic mass is 16.5. The number of allylic oxidation sites excluding steroid dienone is 2. The first-order valence-electron chi connectivity index (χ1n) is 7.74. The van der Waals surface area contributed by atoms with Crippen molar-refractivity contribution >= 4 is 11.0 Å². The van der Waals surface area contributed by atoms with Crippen molar-refractivity contribution in [3.05, 3.63) is 53.6 Å². The van der Waals surface area contributed by atoms with Crippen LogP contribution < -0.4 is 4.74 Å². The zero-order valence-corrected chi connectivity index (χ0v) is 14.0. The molecule has 4 heteroatoms. The summed E-state index contributed by atoms with van der Waals surface area (Å²) in [4.78, 5) is 0. The second kappa shape index (κ2) is 6.32. The normalized spacial score (nSPS) is 10.8. The Morgan fingerprint density at radius 1 is 1.08 bits per heavy atom. The molecule has 1 heterocycles. The summed E-state index contributed by atoms with van der Waals surface area (Å²) >= 11 is 0. The Morgan fingerprint density at radius 3 is 2.42 bits per heavy atom. The number of hydrogen-bond donors (Lipinski definition) is 2. The monoisotopic (exact) mass is 324 g/mol. The van der Waals surface area contributed by atoms with Gasteiger partial charge in [0.15, 0.2) is 0 Å². The van der Waals surface area contributed by atoms with Gasteiger partial charge in [-0.2, -0.15) is 0 Å². The molecule has 0 atom stereocenters. The minimum Gasteiger partial charge on any atom is -0.507 e. The van der Waals surface area contributed by atoms with Gasteiger partial charge in [-0.1, -0.05) is 11.6 Å². The van der Waals surface area contributed by atoms with Crippen LogP contribution >= 0.6 is 0 Å². The summed E-state index contributed by atoms with van der Waals surface area (Å²) in [5, 5.41) is 21.4. The molecule has 3 rings (SSSR count). The van der Waals surface area contributed by atoms with Crippen LogP contribution in [0.4, 0.5) is 0 Å². The van der Waals surface area contributed by atoms with Gasteiger partial charge >= 0.3 is 0 Å². The lowest BCUT2D eigenvalue weighted by atomic mass is 10.0. The van der Waals surface area contributed by atoms with Gasteiger partial charge in [-0.25, -0.2) is 0 Å². The molecule has 24 heavy (non-hydrogen) atoms. The van der Waals surface area contributed by atoms with Gasteiger partial charge in [0.1, 0.15) is 28.6 Å². The van der Waals surface area contributed by atoms with E-state index in [2.05, 4.69) is 0 Å². The maximum atomic E-state index is 10.3. The van der Waals surface area contributed by atoms with E-state index in [1.54, 1.807) is 19.2 Å². The molecule has 0 aliphatic rings. The molecule has 2 aromatic carbocycles. The molecule has 0 unspecified atom stereocenters. The number of methoxy groups -OCH3 is 1. The van der Waals surface area contributed by atoms with E-state index in [1.807, 2.05) is 44.2 Å². The third-order valence-electron chi connectivity index (χ3n) is 3.93. The summed E-state index contributed by atoms with van der Waals surface area (Å²) in [6.07, 6.45) is 2.44. The van der Waals surface area contributed by atoms with Crippen molar-refractivity contribution in [1.82, 2.24) is 0 Å². The SMILES string of the molecule is COc1ccc2cc(-c3cc(O)c(CC=C(C)C)c(O)c3)oc2c1. The van der Waals surface area contributed by atoms with Crippen LogP contribution in [0.15, 0.2) is 52.5 Å². The average Bonchev–Trinajstić information content (AvgIpc) is 2.96. The molecule has 0 aliphatic carbocycles. The van der Waals surface area contributed by atoms with Crippen LogP contribution in [0.25, 0.3) is 22.3 Å². The third-order valence-corrected chi connectivity index (χ3v) is 3.93. The number of rotatable bonds is 4. The largest absolute Gasteiger partial charge is 0.507 e. The van der Waals surface area contributed by atoms with Crippen LogP contribution in [-0.2, 0) is 6.42 Å². The van der Waals surface area contributed by atoms with Crippen LogP contribution in [0.1, 0.15) is 19.4 Å². The molecule has 0 saturated heterocycles. The fraction of sp³-hybridized carbons (Fsp3) is 0.200. The van der Waals surface area contributed by atoms with E-state index in [9.17, 15) is 10.2 Å². The first-order valence-corrected chi connectivity index (χ1v) is 7.74. The maximum absolute atomic E-state index is 10.3. The van der Waals surface area contributed by atoms with Crippen molar-refractivity contribution in [3.63, 3.8) is 0 Å². The molecule has 0 spiro atoms. The highest BCUT2D eigenvalue weighted by molar-refractivity contribution is 5.84. The number of phenolic OH excluding ortho intramolecular Hbond substituents is 2. The molecule has 0 saturated carbocycles. The summed E-state index contributed by atoms with van der Waals surface area (Å²) < 4.78 is 11.0. The first kappa shape index (κ1) is 16.0. The molecule has 0 radical (unpaired) electrons. The van der Waals surface area contributed by atoms with Gasteiger partial charge in [0.25, 0.3) is 0 Å². The molecule has 0 fully saturated rings. The molecule has 0 aliphatic heterocycles. The van der Waals surface area contributed by atoms with Gasteiger partial charge < -0.3 is 19.4 Å². The Labute approximate surface area is 140 Å². The quantitative estimate of drug-likeness (QED) is 0.661. The number of fused-ring (bicyclic) bond motifs is 1. The summed E-state index contributed by atoms with van der Waals surface area (Å²) in [6, 6.07) is 10.7. The zero-order chi connectivity index (χ0) is 17.3. The van der Waals surface area contributed by atoms with E-state index >= 15 is 0 Å². The van der Waals surface area contributed by atoms with Gasteiger partial charge in [-0.05, 0) is 50.6 Å². The number of furan rings is 1. The van der Waals surface area contributed by atoms with E-state index in [0.717, 1.165) is 11.0 Å². The average molecular weight is 324 g/mol. The maximum Gasteiger partial charge on any atom is 0.138 e. The van der Waals surface area contributed by atoms with Crippen LogP contribution in [0.2, 0.25) is 0 Å². The van der Waals surface area contributed by atoms with Crippen molar-refractivity contribution in [2.45, 2.75) is 20.3 Å². The van der Waals surface area contributed by atoms with Crippen LogP contribution in [0, 0.1) is 0 Å². The van der Waals surface area contributed by atoms with Crippen molar-refractivity contribution in [2.75, 3.05) is 7.11 Å². The number of hydrogen-bond acceptors (Lipinski definition) is 4. The predicted molar refractivity (Wildman–Crippen MR) is 94.7 cm³/mol. The van der Waals surface area contributed by atoms with Crippen LogP contribution in [0.3, 0.4) is 0 Å². The number of ether oxygens (including phenoxy) is 1. The zero-order valence-electron chi connectivity index (χ0n) is 14.0. The highest BCUT2D eigenvalue weighted by Crippen LogP contribution is 2.37. The van der Waals surface area contributed by atoms with E-state index in [4.69, 9.17) is 9.15 Å². The standard InChI is InChI=1S/C20H20O4/c1-12(2)4-7-16-17(21)8-14(9-18(16)22)19-10-13-5-6-15(23-3)11-20(13)24-19/h4-6,8-11,21-22H,7H2,1-3H3. The van der Waals surface area contributed by atoms with Crippen molar-refractivity contribution in [3.8, 4) is 28.6 Å². The Balaban J connectivity index is 2.02. The number of aromatic hydroxyl groups is 2. The van der Waals surface area contributed by atoms with Gasteiger partial charge in [0.05, 0.1) is 7.11 Å². The lowest BCUT2D eigenvalue weighted by Gasteiger charge is -2.08. The van der Waals surface area contributed by atoms with Gasteiger partial charge in [0, 0.05) is 22.6 Å². The molecule has 0 bridgehead atoms. The minimum atomic E-state index is 0.0561. The summed E-state index contributed by atoms with van der Waals surface area (Å²) in [5.41, 5.74) is 2.96. The molecule has 0 amide bonds. The van der Waals surface area contributed by atoms with Crippen LogP contribution in [-0.4, -0.2) is 17.3 Å². The topological polar surface area (TPSA) is 62.8 Å². The Morgan fingerprint density at radius 2 is 1.79 bits per heavy atom. The second-order valence-electron chi connectivity index (χ2n) is 5.99. The smallest absolute Gasteiger partial charge is 0.138 e. The molecular formula is C20H20O4. The minimum absolute atomic E-state index is 0.0561. The van der Waals surface area contributed by atoms with E-state index in [0.29, 0.717) is 34.6 Å². The molecular weight excluding hydrogens is 304 g/mol. The third kappa shape index (κ3) is 3.08. The Bertz CT molecular complexity index is 892. The van der Waals surface area contributed by atoms with Gasteiger partial charge in [-0.15, -0.1) is 0 Å². The van der Waals surface area contributed by atoms with Crippen molar-refractivity contribution in [1.29, 1.82) is 0 Å². The Hall–Kier alpha value is -2.88. The summed E-state index contributed by atoms with van der Waals surface area (Å²) in [6.45, 7) is 3.95. The molecule has 1 aromatic heterocycles. The van der Waals surface area contributed by atoms with E-state index in [-0.39, 0.29) is 11.5 Å². The highest BCUT2D eigenvalue weighted by Gasteiger charge is 2.13. The molecule has 124 valence electrons. The predicted octanol–water partition coefficient (Wildman–Crippen LogP) is 5.03. The molecule has 2 N–H and O–H groups in total. The lowest BCUT2D eigenvalue weighted by Crippen LogP contribution is -1.87. The van der Waals surface area contributed by atoms with Crippen LogP contribution in [0.5, 0.6) is 17.2 Å². The summed E-state index contributed by atoms with van der Waals surface area (Å²) in [5.74, 6) is 1.41. The lowest BCUT2D eigenvalue weighted by molar-refractivity contribution is 0.414. The first-order chi connectivity index (χ1) is 11.5. The fourth-order valence-electron chi connectivity index (χ4n) is 2.58. The van der Waals surface area contributed by atoms with E-state index in [1.165, 1.54) is 0 Å². The van der Waals surface area contributed by atoms with E-state index < -0.39 is 0 Å².